The number of benzene rings is 3. The second kappa shape index (κ2) is 7.87. The van der Waals surface area contributed by atoms with E-state index in [1.807, 2.05) is 42.5 Å². The number of rotatable bonds is 7. The number of carboxylic acids is 1. The molecule has 0 bridgehead atoms. The Kier molecular flexibility index (Phi) is 5.40. The zero-order valence-electron chi connectivity index (χ0n) is 16.0. The highest BCUT2D eigenvalue weighted by Gasteiger charge is 2.62. The Morgan fingerprint density at radius 2 is 1.53 bits per heavy atom. The summed E-state index contributed by atoms with van der Waals surface area (Å²) in [7, 11) is -3.98. The fraction of sp³-hybridized carbons (Fsp3) is 0.174. The van der Waals surface area contributed by atoms with Gasteiger partial charge in [-0.3, -0.25) is 4.79 Å². The van der Waals surface area contributed by atoms with Crippen LogP contribution in [0.15, 0.2) is 83.8 Å². The van der Waals surface area contributed by atoms with Gasteiger partial charge in [-0.15, -0.1) is 0 Å². The molecule has 0 amide bonds. The molecule has 0 aliphatic heterocycles. The number of hydrogen-bond acceptors (Lipinski definition) is 3. The molecule has 154 valence electrons. The first kappa shape index (κ1) is 20.6. The first-order valence-electron chi connectivity index (χ1n) is 9.47. The highest BCUT2D eigenvalue weighted by atomic mass is 35.5. The standard InChI is InChI=1S/C23H20ClNO4S/c24-20-10-6-17(7-11-20)18-8-12-21(13-9-18)30(28,29)25-23(22(26)27)15-19(23)14-16-4-2-1-3-5-16/h1-13,19,25H,14-15H2,(H,26,27)/t19-,23-/m0/s1. The number of halogens is 1. The van der Waals surface area contributed by atoms with Gasteiger partial charge < -0.3 is 5.11 Å². The van der Waals surface area contributed by atoms with Crippen LogP contribution in [-0.2, 0) is 21.2 Å². The van der Waals surface area contributed by atoms with Crippen molar-refractivity contribution in [3.8, 4) is 11.1 Å². The van der Waals surface area contributed by atoms with Gasteiger partial charge in [-0.1, -0.05) is 66.2 Å². The Morgan fingerprint density at radius 3 is 2.10 bits per heavy atom. The van der Waals surface area contributed by atoms with Gasteiger partial charge >= 0.3 is 5.97 Å². The molecule has 7 heteroatoms. The molecule has 0 heterocycles. The van der Waals surface area contributed by atoms with Crippen molar-refractivity contribution in [1.29, 1.82) is 0 Å². The van der Waals surface area contributed by atoms with Gasteiger partial charge in [-0.2, -0.15) is 4.72 Å². The van der Waals surface area contributed by atoms with Crippen molar-refractivity contribution in [2.24, 2.45) is 5.92 Å². The Bertz CT molecular complexity index is 1160. The van der Waals surface area contributed by atoms with Crippen molar-refractivity contribution in [3.63, 3.8) is 0 Å². The largest absolute Gasteiger partial charge is 0.480 e. The van der Waals surface area contributed by atoms with Gasteiger partial charge in [0.25, 0.3) is 0 Å². The zero-order chi connectivity index (χ0) is 21.4. The quantitative estimate of drug-likeness (QED) is 0.570. The van der Waals surface area contributed by atoms with Gasteiger partial charge in [0, 0.05) is 5.02 Å². The van der Waals surface area contributed by atoms with Crippen molar-refractivity contribution >= 4 is 27.6 Å². The van der Waals surface area contributed by atoms with E-state index in [2.05, 4.69) is 4.72 Å². The van der Waals surface area contributed by atoms with Gasteiger partial charge in [-0.25, -0.2) is 8.42 Å². The predicted molar refractivity (Wildman–Crippen MR) is 116 cm³/mol. The molecule has 4 rings (SSSR count). The average molecular weight is 442 g/mol. The second-order valence-corrected chi connectivity index (χ2v) is 9.62. The van der Waals surface area contributed by atoms with E-state index in [1.54, 1.807) is 24.3 Å². The summed E-state index contributed by atoms with van der Waals surface area (Å²) in [4.78, 5) is 12.0. The monoisotopic (exact) mass is 441 g/mol. The van der Waals surface area contributed by atoms with Crippen LogP contribution in [0, 0.1) is 5.92 Å². The van der Waals surface area contributed by atoms with Crippen LogP contribution >= 0.6 is 11.6 Å². The fourth-order valence-corrected chi connectivity index (χ4v) is 5.23. The molecular weight excluding hydrogens is 422 g/mol. The number of sulfonamides is 1. The molecule has 0 aromatic heterocycles. The smallest absolute Gasteiger partial charge is 0.325 e. The molecule has 2 atom stereocenters. The van der Waals surface area contributed by atoms with Crippen LogP contribution in [0.25, 0.3) is 11.1 Å². The van der Waals surface area contributed by atoms with Gasteiger partial charge in [0.1, 0.15) is 5.54 Å². The topological polar surface area (TPSA) is 83.5 Å². The summed E-state index contributed by atoms with van der Waals surface area (Å²) in [6.45, 7) is 0. The number of carbonyl (C=O) groups is 1. The van der Waals surface area contributed by atoms with Crippen LogP contribution in [0.2, 0.25) is 5.02 Å². The molecule has 30 heavy (non-hydrogen) atoms. The summed E-state index contributed by atoms with van der Waals surface area (Å²) in [6, 6.07) is 23.1. The van der Waals surface area contributed by atoms with E-state index in [0.717, 1.165) is 16.7 Å². The third-order valence-corrected chi connectivity index (χ3v) is 7.25. The maximum absolute atomic E-state index is 12.9. The number of hydrogen-bond donors (Lipinski definition) is 2. The normalized spacial score (nSPS) is 20.6. The van der Waals surface area contributed by atoms with Crippen LogP contribution in [-0.4, -0.2) is 25.0 Å². The third kappa shape index (κ3) is 4.12. The van der Waals surface area contributed by atoms with Crippen molar-refractivity contribution in [2.45, 2.75) is 23.3 Å². The lowest BCUT2D eigenvalue weighted by molar-refractivity contribution is -0.140. The van der Waals surface area contributed by atoms with E-state index in [9.17, 15) is 18.3 Å². The summed E-state index contributed by atoms with van der Waals surface area (Å²) >= 11 is 5.90. The molecule has 0 saturated heterocycles. The lowest BCUT2D eigenvalue weighted by Gasteiger charge is -2.16. The summed E-state index contributed by atoms with van der Waals surface area (Å²) in [5.74, 6) is -1.44. The van der Waals surface area contributed by atoms with Crippen molar-refractivity contribution in [3.05, 3.63) is 89.4 Å². The van der Waals surface area contributed by atoms with Gasteiger partial charge in [-0.05, 0) is 59.7 Å². The van der Waals surface area contributed by atoms with Crippen molar-refractivity contribution in [2.75, 3.05) is 0 Å². The summed E-state index contributed by atoms with van der Waals surface area (Å²) in [6.07, 6.45) is 0.768. The summed E-state index contributed by atoms with van der Waals surface area (Å²) < 4.78 is 28.2. The molecule has 1 fully saturated rings. The lowest BCUT2D eigenvalue weighted by Crippen LogP contribution is -2.45. The SMILES string of the molecule is O=C(O)[C@]1(NS(=O)(=O)c2ccc(-c3ccc(Cl)cc3)cc2)C[C@@H]1Cc1ccccc1. The maximum atomic E-state index is 12.9. The van der Waals surface area contributed by atoms with Gasteiger partial charge in [0.2, 0.25) is 10.0 Å². The van der Waals surface area contributed by atoms with Crippen molar-refractivity contribution < 1.29 is 18.3 Å². The molecule has 0 unspecified atom stereocenters. The van der Waals surface area contributed by atoms with Crippen LogP contribution in [0.5, 0.6) is 0 Å². The molecule has 0 radical (unpaired) electrons. The molecule has 1 aliphatic rings. The van der Waals surface area contributed by atoms with Crippen LogP contribution in [0.4, 0.5) is 0 Å². The average Bonchev–Trinajstić information content (AvgIpc) is 3.42. The minimum absolute atomic E-state index is 0.0335. The minimum Gasteiger partial charge on any atom is -0.480 e. The van der Waals surface area contributed by atoms with Crippen molar-refractivity contribution in [1.82, 2.24) is 4.72 Å². The Labute approximate surface area is 180 Å². The van der Waals surface area contributed by atoms with Gasteiger partial charge in [0.15, 0.2) is 0 Å². The van der Waals surface area contributed by atoms with Gasteiger partial charge in [0.05, 0.1) is 4.90 Å². The molecule has 5 nitrogen and oxygen atoms in total. The third-order valence-electron chi connectivity index (χ3n) is 5.47. The summed E-state index contributed by atoms with van der Waals surface area (Å²) in [5.41, 5.74) is 1.26. The first-order valence-corrected chi connectivity index (χ1v) is 11.3. The highest BCUT2D eigenvalue weighted by Crippen LogP contribution is 2.47. The molecule has 3 aromatic rings. The molecule has 1 aliphatic carbocycles. The second-order valence-electron chi connectivity index (χ2n) is 7.50. The number of aliphatic carboxylic acids is 1. The summed E-state index contributed by atoms with van der Waals surface area (Å²) in [5, 5.41) is 10.4. The van der Waals surface area contributed by atoms with Crippen LogP contribution in [0.3, 0.4) is 0 Å². The minimum atomic E-state index is -3.98. The highest BCUT2D eigenvalue weighted by molar-refractivity contribution is 7.89. The fourth-order valence-electron chi connectivity index (χ4n) is 3.67. The lowest BCUT2D eigenvalue weighted by atomic mass is 10.1. The van der Waals surface area contributed by atoms with E-state index in [4.69, 9.17) is 11.6 Å². The molecule has 3 aromatic carbocycles. The van der Waals surface area contributed by atoms with E-state index < -0.39 is 21.5 Å². The number of carboxylic acid groups (broad SMARTS) is 1. The predicted octanol–water partition coefficient (Wildman–Crippen LogP) is 4.37. The van der Waals surface area contributed by atoms with E-state index in [0.29, 0.717) is 11.4 Å². The molecule has 0 spiro atoms. The van der Waals surface area contributed by atoms with Crippen LogP contribution < -0.4 is 4.72 Å². The van der Waals surface area contributed by atoms with E-state index in [-0.39, 0.29) is 17.2 Å². The van der Waals surface area contributed by atoms with E-state index in [1.165, 1.54) is 12.1 Å². The molecule has 2 N–H and O–H groups in total. The number of nitrogens with one attached hydrogen (secondary N) is 1. The molecule has 1 saturated carbocycles. The Morgan fingerprint density at radius 1 is 0.967 bits per heavy atom. The Hall–Kier alpha value is -2.67. The first-order chi connectivity index (χ1) is 14.3. The maximum Gasteiger partial charge on any atom is 0.325 e. The van der Waals surface area contributed by atoms with Crippen LogP contribution in [0.1, 0.15) is 12.0 Å². The Balaban J connectivity index is 1.53. The molecular formula is C23H20ClNO4S. The zero-order valence-corrected chi connectivity index (χ0v) is 17.5. The van der Waals surface area contributed by atoms with E-state index >= 15 is 0 Å².